The minimum atomic E-state index is -4.56. The topological polar surface area (TPSA) is 42.2 Å². The summed E-state index contributed by atoms with van der Waals surface area (Å²) in [5.74, 6) is 0.228. The molecule has 0 aliphatic carbocycles. The number of nitrogens with zero attached hydrogens (tertiary/aromatic N) is 1. The third-order valence-corrected chi connectivity index (χ3v) is 2.32. The summed E-state index contributed by atoms with van der Waals surface area (Å²) in [7, 11) is 0. The molecule has 1 aromatic carbocycles. The van der Waals surface area contributed by atoms with Gasteiger partial charge in [0.25, 0.3) is 0 Å². The van der Waals surface area contributed by atoms with Crippen molar-refractivity contribution in [2.45, 2.75) is 6.18 Å². The molecular formula is C12H12F3NO2S. The molecule has 0 aliphatic heterocycles. The zero-order valence-electron chi connectivity index (χ0n) is 9.91. The fraction of sp³-hybridized carbons (Fsp3) is 0.417. The van der Waals surface area contributed by atoms with Crippen molar-refractivity contribution in [3.8, 4) is 11.8 Å². The van der Waals surface area contributed by atoms with Crippen LogP contribution in [0.2, 0.25) is 0 Å². The van der Waals surface area contributed by atoms with Crippen LogP contribution in [0.25, 0.3) is 0 Å². The van der Waals surface area contributed by atoms with Crippen molar-refractivity contribution in [1.29, 1.82) is 5.26 Å². The van der Waals surface area contributed by atoms with Gasteiger partial charge in [0.05, 0.1) is 30.4 Å². The zero-order valence-corrected chi connectivity index (χ0v) is 10.8. The number of alkyl halides is 3. The van der Waals surface area contributed by atoms with Gasteiger partial charge in [-0.3, -0.25) is 0 Å². The summed E-state index contributed by atoms with van der Waals surface area (Å²) < 4.78 is 48.4. The minimum absolute atomic E-state index is 0.00274. The molecule has 0 saturated heterocycles. The molecule has 0 amide bonds. The second-order valence-corrected chi connectivity index (χ2v) is 3.95. The van der Waals surface area contributed by atoms with Crippen LogP contribution in [-0.2, 0) is 10.9 Å². The highest BCUT2D eigenvalue weighted by molar-refractivity contribution is 7.80. The molecule has 0 aromatic heterocycles. The Morgan fingerprint density at radius 3 is 2.53 bits per heavy atom. The molecule has 0 aliphatic rings. The molecule has 1 aromatic rings. The van der Waals surface area contributed by atoms with Crippen molar-refractivity contribution < 1.29 is 22.6 Å². The Bertz CT molecular complexity index is 457. The van der Waals surface area contributed by atoms with E-state index in [0.29, 0.717) is 12.4 Å². The van der Waals surface area contributed by atoms with E-state index >= 15 is 0 Å². The zero-order chi connectivity index (χ0) is 14.3. The second-order valence-electron chi connectivity index (χ2n) is 3.50. The average Bonchev–Trinajstić information content (AvgIpc) is 2.37. The van der Waals surface area contributed by atoms with Crippen LogP contribution in [0.3, 0.4) is 0 Å². The number of hydrogen-bond donors (Lipinski definition) is 1. The van der Waals surface area contributed by atoms with Gasteiger partial charge in [-0.1, -0.05) is 0 Å². The third-order valence-electron chi connectivity index (χ3n) is 2.13. The number of thiol groups is 1. The first-order valence-corrected chi connectivity index (χ1v) is 6.05. The monoisotopic (exact) mass is 291 g/mol. The lowest BCUT2D eigenvalue weighted by Crippen LogP contribution is -2.13. The maximum Gasteiger partial charge on any atom is 0.420 e. The number of ether oxygens (including phenoxy) is 2. The van der Waals surface area contributed by atoms with Crippen molar-refractivity contribution in [3.63, 3.8) is 0 Å². The van der Waals surface area contributed by atoms with E-state index in [4.69, 9.17) is 14.7 Å². The number of rotatable bonds is 6. The van der Waals surface area contributed by atoms with Crippen molar-refractivity contribution in [2.24, 2.45) is 0 Å². The molecule has 19 heavy (non-hydrogen) atoms. The molecule has 3 nitrogen and oxygen atoms in total. The molecule has 0 heterocycles. The second kappa shape index (κ2) is 7.26. The quantitative estimate of drug-likeness (QED) is 0.647. The molecular weight excluding hydrogens is 279 g/mol. The largest absolute Gasteiger partial charge is 0.491 e. The van der Waals surface area contributed by atoms with E-state index in [9.17, 15) is 13.2 Å². The van der Waals surface area contributed by atoms with Gasteiger partial charge in [-0.05, 0) is 18.2 Å². The van der Waals surface area contributed by atoms with Crippen molar-refractivity contribution >= 4 is 12.6 Å². The van der Waals surface area contributed by atoms with Gasteiger partial charge in [-0.15, -0.1) is 0 Å². The minimum Gasteiger partial charge on any atom is -0.491 e. The molecule has 0 unspecified atom stereocenters. The van der Waals surface area contributed by atoms with Crippen LogP contribution in [0.15, 0.2) is 18.2 Å². The van der Waals surface area contributed by atoms with E-state index in [0.717, 1.165) is 12.1 Å². The van der Waals surface area contributed by atoms with Gasteiger partial charge in [0.15, 0.2) is 0 Å². The van der Waals surface area contributed by atoms with Crippen molar-refractivity contribution in [1.82, 2.24) is 0 Å². The van der Waals surface area contributed by atoms with Gasteiger partial charge in [-0.2, -0.15) is 31.1 Å². The molecule has 0 fully saturated rings. The van der Waals surface area contributed by atoms with Crippen LogP contribution in [0, 0.1) is 11.3 Å². The van der Waals surface area contributed by atoms with Crippen molar-refractivity contribution in [3.05, 3.63) is 29.3 Å². The molecule has 0 N–H and O–H groups in total. The highest BCUT2D eigenvalue weighted by atomic mass is 32.1. The molecule has 0 radical (unpaired) electrons. The van der Waals surface area contributed by atoms with Gasteiger partial charge in [0, 0.05) is 5.75 Å². The predicted molar refractivity (Wildman–Crippen MR) is 66.3 cm³/mol. The highest BCUT2D eigenvalue weighted by Crippen LogP contribution is 2.36. The lowest BCUT2D eigenvalue weighted by atomic mass is 10.1. The van der Waals surface area contributed by atoms with Crippen LogP contribution < -0.4 is 4.74 Å². The Morgan fingerprint density at radius 2 is 1.95 bits per heavy atom. The van der Waals surface area contributed by atoms with Gasteiger partial charge in [0.2, 0.25) is 0 Å². The van der Waals surface area contributed by atoms with E-state index in [1.807, 2.05) is 0 Å². The van der Waals surface area contributed by atoms with E-state index in [2.05, 4.69) is 12.6 Å². The third kappa shape index (κ3) is 5.01. The number of hydrogen-bond acceptors (Lipinski definition) is 4. The van der Waals surface area contributed by atoms with E-state index in [1.165, 1.54) is 6.07 Å². The lowest BCUT2D eigenvalue weighted by Gasteiger charge is -2.14. The Labute approximate surface area is 114 Å². The Hall–Kier alpha value is -1.39. The van der Waals surface area contributed by atoms with Gasteiger partial charge in [0.1, 0.15) is 12.4 Å². The van der Waals surface area contributed by atoms with Crippen LogP contribution in [0.1, 0.15) is 11.1 Å². The van der Waals surface area contributed by atoms with Crippen LogP contribution in [0.4, 0.5) is 13.2 Å². The van der Waals surface area contributed by atoms with E-state index in [-0.39, 0.29) is 24.5 Å². The molecule has 0 saturated carbocycles. The summed E-state index contributed by atoms with van der Waals surface area (Å²) in [5, 5.41) is 8.61. The Morgan fingerprint density at radius 1 is 1.21 bits per heavy atom. The summed E-state index contributed by atoms with van der Waals surface area (Å²) >= 11 is 3.92. The fourth-order valence-electron chi connectivity index (χ4n) is 1.32. The normalized spacial score (nSPS) is 11.1. The molecule has 0 spiro atoms. The number of nitriles is 1. The SMILES string of the molecule is N#Cc1ccc(OCCOCCS)c(C(F)(F)F)c1. The Kier molecular flexibility index (Phi) is 5.99. The summed E-state index contributed by atoms with van der Waals surface area (Å²) in [6.07, 6.45) is -4.56. The van der Waals surface area contributed by atoms with Crippen molar-refractivity contribution in [2.75, 3.05) is 25.6 Å². The first kappa shape index (κ1) is 15.7. The fourth-order valence-corrected chi connectivity index (χ4v) is 1.45. The van der Waals surface area contributed by atoms with Crippen LogP contribution >= 0.6 is 12.6 Å². The lowest BCUT2D eigenvalue weighted by molar-refractivity contribution is -0.139. The summed E-state index contributed by atoms with van der Waals surface area (Å²) in [4.78, 5) is 0. The van der Waals surface area contributed by atoms with Gasteiger partial charge < -0.3 is 9.47 Å². The van der Waals surface area contributed by atoms with E-state index < -0.39 is 11.7 Å². The molecule has 1 rings (SSSR count). The van der Waals surface area contributed by atoms with Crippen LogP contribution in [0.5, 0.6) is 5.75 Å². The highest BCUT2D eigenvalue weighted by Gasteiger charge is 2.34. The standard InChI is InChI=1S/C12H12F3NO2S/c13-12(14,15)10-7-9(8-16)1-2-11(10)18-4-3-17-5-6-19/h1-2,7,19H,3-6H2. The summed E-state index contributed by atoms with van der Waals surface area (Å²) in [6.45, 7) is 0.590. The molecule has 0 atom stereocenters. The Balaban J connectivity index is 2.74. The number of benzene rings is 1. The maximum absolute atomic E-state index is 12.8. The summed E-state index contributed by atoms with van der Waals surface area (Å²) in [5.41, 5.74) is -1.02. The van der Waals surface area contributed by atoms with Crippen LogP contribution in [-0.4, -0.2) is 25.6 Å². The summed E-state index contributed by atoms with van der Waals surface area (Å²) in [6, 6.07) is 4.85. The average molecular weight is 291 g/mol. The maximum atomic E-state index is 12.8. The van der Waals surface area contributed by atoms with E-state index in [1.54, 1.807) is 6.07 Å². The van der Waals surface area contributed by atoms with Gasteiger partial charge in [-0.25, -0.2) is 0 Å². The molecule has 104 valence electrons. The first-order chi connectivity index (χ1) is 8.99. The first-order valence-electron chi connectivity index (χ1n) is 5.41. The predicted octanol–water partition coefficient (Wildman–Crippen LogP) is 2.90. The molecule has 7 heteroatoms. The van der Waals surface area contributed by atoms with Gasteiger partial charge >= 0.3 is 6.18 Å². The smallest absolute Gasteiger partial charge is 0.420 e. The molecule has 0 bridgehead atoms. The number of halogens is 3.